The molecule has 4 heterocycles. The molecule has 8 heteroatoms. The molecule has 0 bridgehead atoms. The normalized spacial score (nSPS) is 11.6. The molecule has 0 amide bonds. The second-order valence-electron chi connectivity index (χ2n) is 14.4. The first-order valence-corrected chi connectivity index (χ1v) is 20.0. The summed E-state index contributed by atoms with van der Waals surface area (Å²) in [5.41, 5.74) is 8.91. The van der Waals surface area contributed by atoms with Crippen molar-refractivity contribution in [1.29, 1.82) is 0 Å². The van der Waals surface area contributed by atoms with Gasteiger partial charge in [-0.25, -0.2) is 29.9 Å². The molecule has 274 valence electrons. The van der Waals surface area contributed by atoms with Crippen molar-refractivity contribution in [3.63, 3.8) is 0 Å². The quantitative estimate of drug-likeness (QED) is 0.168. The highest BCUT2D eigenvalue weighted by Crippen LogP contribution is 2.43. The maximum Gasteiger partial charge on any atom is 0.166 e. The smallest absolute Gasteiger partial charge is 0.166 e. The van der Waals surface area contributed by atoms with Gasteiger partial charge in [-0.2, -0.15) is 0 Å². The minimum absolute atomic E-state index is 0.582. The minimum Gasteiger partial charge on any atom is -0.308 e. The van der Waals surface area contributed by atoms with Crippen LogP contribution in [0.2, 0.25) is 0 Å². The maximum atomic E-state index is 5.29. The van der Waals surface area contributed by atoms with Crippen molar-refractivity contribution in [2.45, 2.75) is 13.8 Å². The zero-order valence-corrected chi connectivity index (χ0v) is 32.4. The molecule has 11 aromatic rings. The van der Waals surface area contributed by atoms with E-state index in [4.69, 9.17) is 24.9 Å². The summed E-state index contributed by atoms with van der Waals surface area (Å²) in [5, 5.41) is 4.78. The summed E-state index contributed by atoms with van der Waals surface area (Å²) in [5.74, 6) is 3.82. The van der Waals surface area contributed by atoms with Crippen LogP contribution in [0.3, 0.4) is 0 Å². The zero-order valence-electron chi connectivity index (χ0n) is 31.6. The standard InChI is InChI=1S/C50H33N7S/c1-30-51-31(2)53-49(52-30)35-24-26-38-37-18-9-11-22-42(37)57(44(38)29-35)43-27-25-34(36-20-13-21-40-39-19-10-12-23-45(39)58-46(36)40)28-41(43)50-55-47(32-14-5-3-6-15-32)54-48(56-50)33-16-7-4-8-17-33/h3-29H,1-2H3. The number of fused-ring (bicyclic) bond motifs is 6. The van der Waals surface area contributed by atoms with Crippen LogP contribution in [0.4, 0.5) is 0 Å². The van der Waals surface area contributed by atoms with E-state index in [1.807, 2.05) is 85.8 Å². The summed E-state index contributed by atoms with van der Waals surface area (Å²) in [7, 11) is 0. The van der Waals surface area contributed by atoms with Crippen LogP contribution in [-0.2, 0) is 0 Å². The second-order valence-corrected chi connectivity index (χ2v) is 15.4. The van der Waals surface area contributed by atoms with Gasteiger partial charge in [0.15, 0.2) is 23.3 Å². The fourth-order valence-electron chi connectivity index (χ4n) is 8.10. The summed E-state index contributed by atoms with van der Waals surface area (Å²) >= 11 is 1.83. The molecule has 0 unspecified atom stereocenters. The summed E-state index contributed by atoms with van der Waals surface area (Å²) < 4.78 is 4.85. The Morgan fingerprint density at radius 2 is 0.966 bits per heavy atom. The Labute approximate surface area is 338 Å². The van der Waals surface area contributed by atoms with Crippen LogP contribution in [0.5, 0.6) is 0 Å². The molecular weight excluding hydrogens is 731 g/mol. The largest absolute Gasteiger partial charge is 0.308 e. The zero-order chi connectivity index (χ0) is 38.7. The topological polar surface area (TPSA) is 82.3 Å². The van der Waals surface area contributed by atoms with Crippen molar-refractivity contribution >= 4 is 53.3 Å². The van der Waals surface area contributed by atoms with Crippen LogP contribution >= 0.6 is 11.3 Å². The highest BCUT2D eigenvalue weighted by atomic mass is 32.1. The van der Waals surface area contributed by atoms with Crippen LogP contribution in [0.1, 0.15) is 11.6 Å². The van der Waals surface area contributed by atoms with E-state index in [9.17, 15) is 0 Å². The average Bonchev–Trinajstić information content (AvgIpc) is 3.82. The van der Waals surface area contributed by atoms with Gasteiger partial charge in [0, 0.05) is 53.2 Å². The van der Waals surface area contributed by atoms with E-state index in [0.717, 1.165) is 60.9 Å². The van der Waals surface area contributed by atoms with Gasteiger partial charge in [0.2, 0.25) is 0 Å². The van der Waals surface area contributed by atoms with Gasteiger partial charge in [0.1, 0.15) is 11.6 Å². The number of rotatable bonds is 6. The molecule has 0 aliphatic rings. The van der Waals surface area contributed by atoms with E-state index < -0.39 is 0 Å². The predicted octanol–water partition coefficient (Wildman–Crippen LogP) is 12.5. The number of benzene rings is 7. The van der Waals surface area contributed by atoms with E-state index in [1.54, 1.807) is 0 Å². The van der Waals surface area contributed by atoms with Gasteiger partial charge < -0.3 is 4.57 Å². The van der Waals surface area contributed by atoms with Gasteiger partial charge >= 0.3 is 0 Å². The lowest BCUT2D eigenvalue weighted by Crippen LogP contribution is -2.04. The van der Waals surface area contributed by atoms with Crippen molar-refractivity contribution in [1.82, 2.24) is 34.5 Å². The molecule has 0 N–H and O–H groups in total. The number of nitrogens with zero attached hydrogens (tertiary/aromatic N) is 7. The minimum atomic E-state index is 0.582. The molecule has 0 spiro atoms. The molecule has 7 nitrogen and oxygen atoms in total. The molecule has 11 rings (SSSR count). The number of aromatic nitrogens is 7. The number of aryl methyl sites for hydroxylation is 2. The van der Waals surface area contributed by atoms with Crippen molar-refractivity contribution in [3.8, 4) is 62.4 Å². The summed E-state index contributed by atoms with van der Waals surface area (Å²) in [4.78, 5) is 29.5. The first kappa shape index (κ1) is 33.9. The molecule has 0 fully saturated rings. The van der Waals surface area contributed by atoms with E-state index in [0.29, 0.717) is 34.9 Å². The first-order valence-electron chi connectivity index (χ1n) is 19.2. The van der Waals surface area contributed by atoms with Gasteiger partial charge in [0.25, 0.3) is 0 Å². The van der Waals surface area contributed by atoms with Gasteiger partial charge in [-0.15, -0.1) is 11.3 Å². The lowest BCUT2D eigenvalue weighted by Gasteiger charge is -2.17. The van der Waals surface area contributed by atoms with Gasteiger partial charge in [-0.3, -0.25) is 0 Å². The van der Waals surface area contributed by atoms with Gasteiger partial charge in [0.05, 0.1) is 16.7 Å². The van der Waals surface area contributed by atoms with E-state index in [1.165, 1.54) is 20.2 Å². The molecule has 0 atom stereocenters. The van der Waals surface area contributed by atoms with Crippen LogP contribution in [0, 0.1) is 13.8 Å². The highest BCUT2D eigenvalue weighted by molar-refractivity contribution is 7.26. The van der Waals surface area contributed by atoms with E-state index in [-0.39, 0.29) is 0 Å². The molecule has 58 heavy (non-hydrogen) atoms. The SMILES string of the molecule is Cc1nc(C)nc(-c2ccc3c4ccccc4n(-c4ccc(-c5cccc6c5sc5ccccc56)cc4-c4nc(-c5ccccc5)nc(-c5ccccc5)n4)c3c2)n1. The Morgan fingerprint density at radius 1 is 0.379 bits per heavy atom. The number of hydrogen-bond donors (Lipinski definition) is 0. The first-order chi connectivity index (χ1) is 28.6. The van der Waals surface area contributed by atoms with Crippen LogP contribution < -0.4 is 0 Å². The number of para-hydroxylation sites is 1. The van der Waals surface area contributed by atoms with Crippen molar-refractivity contribution in [3.05, 3.63) is 175 Å². The Balaban J connectivity index is 1.23. The van der Waals surface area contributed by atoms with Crippen LogP contribution in [0.25, 0.3) is 104 Å². The van der Waals surface area contributed by atoms with E-state index >= 15 is 0 Å². The third kappa shape index (κ3) is 5.73. The number of thiophene rings is 1. The third-order valence-corrected chi connectivity index (χ3v) is 11.9. The molecular formula is C50H33N7S. The van der Waals surface area contributed by atoms with E-state index in [2.05, 4.69) is 113 Å². The van der Waals surface area contributed by atoms with Crippen molar-refractivity contribution < 1.29 is 0 Å². The summed E-state index contributed by atoms with van der Waals surface area (Å²) in [6.45, 7) is 3.81. The average molecular weight is 764 g/mol. The molecule has 4 aromatic heterocycles. The number of hydrogen-bond acceptors (Lipinski definition) is 7. The highest BCUT2D eigenvalue weighted by Gasteiger charge is 2.22. The van der Waals surface area contributed by atoms with Gasteiger partial charge in [-0.05, 0) is 55.3 Å². The van der Waals surface area contributed by atoms with Crippen molar-refractivity contribution in [2.24, 2.45) is 0 Å². The van der Waals surface area contributed by atoms with Gasteiger partial charge in [-0.1, -0.05) is 133 Å². The molecule has 0 radical (unpaired) electrons. The summed E-state index contributed by atoms with van der Waals surface area (Å²) in [6, 6.07) is 57.3. The van der Waals surface area contributed by atoms with Crippen LogP contribution in [-0.4, -0.2) is 34.5 Å². The Morgan fingerprint density at radius 3 is 1.71 bits per heavy atom. The Bertz CT molecular complexity index is 3290. The predicted molar refractivity (Wildman–Crippen MR) is 237 cm³/mol. The molecule has 7 aromatic carbocycles. The van der Waals surface area contributed by atoms with Crippen LogP contribution in [0.15, 0.2) is 164 Å². The Hall–Kier alpha value is -7.42. The van der Waals surface area contributed by atoms with Crippen molar-refractivity contribution in [2.75, 3.05) is 0 Å². The monoisotopic (exact) mass is 763 g/mol. The Kier molecular flexibility index (Phi) is 7.97. The fraction of sp³-hybridized carbons (Fsp3) is 0.0400. The second kappa shape index (κ2) is 13.7. The lowest BCUT2D eigenvalue weighted by atomic mass is 9.99. The molecule has 0 saturated heterocycles. The maximum absolute atomic E-state index is 5.29. The fourth-order valence-corrected chi connectivity index (χ4v) is 9.33. The third-order valence-electron chi connectivity index (χ3n) is 10.7. The molecule has 0 aliphatic heterocycles. The molecule has 0 aliphatic carbocycles. The molecule has 0 saturated carbocycles. The summed E-state index contributed by atoms with van der Waals surface area (Å²) in [6.07, 6.45) is 0. The lowest BCUT2D eigenvalue weighted by molar-refractivity contribution is 0.928.